The third-order valence-electron chi connectivity index (χ3n) is 0.833. The molecule has 1 aromatic carbocycles. The molecule has 0 radical (unpaired) electrons. The Balaban J connectivity index is 0.000000180. The zero-order valence-electron chi connectivity index (χ0n) is 6.16. The third kappa shape index (κ3) is 7.61. The van der Waals surface area contributed by atoms with Gasteiger partial charge in [-0.05, 0) is 6.92 Å². The molecule has 0 amide bonds. The zero-order chi connectivity index (χ0) is 7.66. The number of hydrogen-bond acceptors (Lipinski definition) is 1. The van der Waals surface area contributed by atoms with E-state index in [-0.39, 0.29) is 0 Å². The average Bonchev–Trinajstić information content (AvgIpc) is 2.08. The van der Waals surface area contributed by atoms with Crippen molar-refractivity contribution in [1.29, 1.82) is 0 Å². The van der Waals surface area contributed by atoms with Crippen molar-refractivity contribution in [2.45, 2.75) is 6.92 Å². The molecule has 1 aromatic rings. The summed E-state index contributed by atoms with van der Waals surface area (Å²) in [6, 6.07) is 12.0. The lowest BCUT2D eigenvalue weighted by molar-refractivity contribution is 0.400. The third-order valence-corrected chi connectivity index (χ3v) is 1.17. The molecule has 10 heavy (non-hydrogen) atoms. The van der Waals surface area contributed by atoms with Gasteiger partial charge < -0.3 is 4.52 Å². The molecular weight excluding hydrogens is 143 g/mol. The largest absolute Gasteiger partial charge is 0.366 e. The molecule has 0 aliphatic carbocycles. The minimum Gasteiger partial charge on any atom is -0.366 e. The van der Waals surface area contributed by atoms with Gasteiger partial charge in [-0.25, -0.2) is 0 Å². The van der Waals surface area contributed by atoms with Crippen molar-refractivity contribution in [3.8, 4) is 0 Å². The molecule has 0 aliphatic heterocycles. The van der Waals surface area contributed by atoms with Crippen LogP contribution in [0.3, 0.4) is 0 Å². The maximum absolute atomic E-state index is 4.46. The summed E-state index contributed by atoms with van der Waals surface area (Å²) in [5.41, 5.74) is 0. The summed E-state index contributed by atoms with van der Waals surface area (Å²) < 4.78 is 4.46. The van der Waals surface area contributed by atoms with E-state index in [1.54, 1.807) is 0 Å². The lowest BCUT2D eigenvalue weighted by Crippen LogP contribution is -1.63. The van der Waals surface area contributed by atoms with Gasteiger partial charge in [0, 0.05) is 16.1 Å². The van der Waals surface area contributed by atoms with Crippen molar-refractivity contribution in [3.63, 3.8) is 0 Å². The van der Waals surface area contributed by atoms with Crippen LogP contribution >= 0.6 is 9.47 Å². The Hall–Kier alpha value is -0.390. The Morgan fingerprint density at radius 1 is 1.00 bits per heavy atom. The fourth-order valence-electron chi connectivity index (χ4n) is 0.385. The van der Waals surface area contributed by atoms with Gasteiger partial charge in [0.2, 0.25) is 0 Å². The van der Waals surface area contributed by atoms with E-state index in [9.17, 15) is 0 Å². The highest BCUT2D eigenvalue weighted by molar-refractivity contribution is 7.09. The first-order valence-corrected chi connectivity index (χ1v) is 3.70. The van der Waals surface area contributed by atoms with E-state index in [0.29, 0.717) is 0 Å². The van der Waals surface area contributed by atoms with E-state index in [1.165, 1.54) is 0 Å². The highest BCUT2D eigenvalue weighted by Gasteiger charge is 1.57. The molecule has 56 valence electrons. The van der Waals surface area contributed by atoms with Gasteiger partial charge in [-0.3, -0.25) is 0 Å². The molecule has 0 aromatic heterocycles. The molecule has 0 N–H and O–H groups in total. The van der Waals surface area contributed by atoms with Gasteiger partial charge in [0.05, 0.1) is 0 Å². The summed E-state index contributed by atoms with van der Waals surface area (Å²) >= 11 is 0. The summed E-state index contributed by atoms with van der Waals surface area (Å²) in [5, 5.41) is 0. The summed E-state index contributed by atoms with van der Waals surface area (Å²) in [6.07, 6.45) is 0. The van der Waals surface area contributed by atoms with E-state index in [0.717, 1.165) is 6.61 Å². The zero-order valence-corrected chi connectivity index (χ0v) is 7.31. The fourth-order valence-corrected chi connectivity index (χ4v) is 0.385. The fraction of sp³-hybridized carbons (Fsp3) is 0.250. The van der Waals surface area contributed by atoms with Crippen LogP contribution in [-0.2, 0) is 4.52 Å². The number of hydrogen-bond donors (Lipinski definition) is 0. The summed E-state index contributed by atoms with van der Waals surface area (Å²) in [6.45, 7) is 2.72. The summed E-state index contributed by atoms with van der Waals surface area (Å²) in [4.78, 5) is 0. The van der Waals surface area contributed by atoms with Crippen LogP contribution in [0.15, 0.2) is 36.4 Å². The van der Waals surface area contributed by atoms with E-state index in [2.05, 4.69) is 14.0 Å². The second-order valence-corrected chi connectivity index (χ2v) is 1.94. The van der Waals surface area contributed by atoms with Crippen LogP contribution in [-0.4, -0.2) is 6.61 Å². The van der Waals surface area contributed by atoms with Crippen LogP contribution in [0.1, 0.15) is 6.92 Å². The van der Waals surface area contributed by atoms with Gasteiger partial charge in [0.15, 0.2) is 0 Å². The predicted octanol–water partition coefficient (Wildman–Crippen LogP) is 2.50. The molecule has 2 heteroatoms. The number of rotatable bonds is 1. The van der Waals surface area contributed by atoms with Crippen LogP contribution in [0.5, 0.6) is 0 Å². The molecule has 0 aliphatic rings. The second-order valence-electron chi connectivity index (χ2n) is 1.61. The Bertz CT molecular complexity index is 101. The predicted molar refractivity (Wildman–Crippen MR) is 47.8 cm³/mol. The number of benzene rings is 1. The van der Waals surface area contributed by atoms with Gasteiger partial charge >= 0.3 is 0 Å². The maximum atomic E-state index is 4.46. The molecule has 0 heterocycles. The first kappa shape index (κ1) is 9.61. The first-order chi connectivity index (χ1) is 4.91. The van der Waals surface area contributed by atoms with Crippen LogP contribution in [0.4, 0.5) is 0 Å². The molecule has 0 bridgehead atoms. The monoisotopic (exact) mass is 156 g/mol. The van der Waals surface area contributed by atoms with Gasteiger partial charge in [0.1, 0.15) is 0 Å². The molecule has 1 atom stereocenters. The standard InChI is InChI=1S/C6H6.C2H7OP/c1-2-4-6-5-3-1;1-2-3-4/h1-6H;2,4H2,1H3. The van der Waals surface area contributed by atoms with Crippen molar-refractivity contribution in [3.05, 3.63) is 36.4 Å². The first-order valence-electron chi connectivity index (χ1n) is 3.23. The van der Waals surface area contributed by atoms with Crippen molar-refractivity contribution < 1.29 is 4.52 Å². The van der Waals surface area contributed by atoms with Crippen LogP contribution in [0, 0.1) is 0 Å². The molecule has 0 saturated heterocycles. The van der Waals surface area contributed by atoms with Gasteiger partial charge in [-0.2, -0.15) is 0 Å². The Morgan fingerprint density at radius 3 is 1.30 bits per heavy atom. The highest BCUT2D eigenvalue weighted by Crippen LogP contribution is 1.79. The SMILES string of the molecule is CCOP.c1ccccc1. The van der Waals surface area contributed by atoms with Crippen LogP contribution in [0.25, 0.3) is 0 Å². The van der Waals surface area contributed by atoms with Crippen molar-refractivity contribution >= 4 is 9.47 Å². The molecule has 0 saturated carbocycles. The van der Waals surface area contributed by atoms with Gasteiger partial charge in [-0.1, -0.05) is 36.4 Å². The molecule has 0 spiro atoms. The topological polar surface area (TPSA) is 9.23 Å². The van der Waals surface area contributed by atoms with E-state index < -0.39 is 0 Å². The average molecular weight is 156 g/mol. The van der Waals surface area contributed by atoms with Crippen molar-refractivity contribution in [1.82, 2.24) is 0 Å². The lowest BCUT2D eigenvalue weighted by Gasteiger charge is -1.75. The Labute approximate surface area is 64.7 Å². The van der Waals surface area contributed by atoms with E-state index in [4.69, 9.17) is 0 Å². The molecule has 1 rings (SSSR count). The molecular formula is C8H13OP. The quantitative estimate of drug-likeness (QED) is 0.567. The minimum absolute atomic E-state index is 0.782. The van der Waals surface area contributed by atoms with Crippen molar-refractivity contribution in [2.24, 2.45) is 0 Å². The van der Waals surface area contributed by atoms with Crippen molar-refractivity contribution in [2.75, 3.05) is 6.61 Å². The van der Waals surface area contributed by atoms with Crippen LogP contribution in [0.2, 0.25) is 0 Å². The lowest BCUT2D eigenvalue weighted by atomic mass is 10.4. The van der Waals surface area contributed by atoms with E-state index in [1.807, 2.05) is 43.3 Å². The second kappa shape index (κ2) is 8.61. The Kier molecular flexibility index (Phi) is 8.27. The maximum Gasteiger partial charge on any atom is 0.0473 e. The van der Waals surface area contributed by atoms with Gasteiger partial charge in [0.25, 0.3) is 0 Å². The smallest absolute Gasteiger partial charge is 0.0473 e. The minimum atomic E-state index is 0.782. The summed E-state index contributed by atoms with van der Waals surface area (Å²) in [5.74, 6) is 0. The Morgan fingerprint density at radius 2 is 1.20 bits per heavy atom. The van der Waals surface area contributed by atoms with Crippen LogP contribution < -0.4 is 0 Å². The molecule has 0 fully saturated rings. The molecule has 1 unspecified atom stereocenters. The highest BCUT2D eigenvalue weighted by atomic mass is 31.0. The van der Waals surface area contributed by atoms with E-state index >= 15 is 0 Å². The normalized spacial score (nSPS) is 7.80. The van der Waals surface area contributed by atoms with Gasteiger partial charge in [-0.15, -0.1) is 0 Å². The summed E-state index contributed by atoms with van der Waals surface area (Å²) in [7, 11) is 2.16. The molecule has 1 nitrogen and oxygen atoms in total.